The number of nitrogens with one attached hydrogen (secondary N) is 2. The highest BCUT2D eigenvalue weighted by Gasteiger charge is 2.19. The van der Waals surface area contributed by atoms with E-state index in [1.165, 1.54) is 0 Å². The normalized spacial score (nSPS) is 15.5. The van der Waals surface area contributed by atoms with Crippen LogP contribution in [-0.4, -0.2) is 27.7 Å². The first kappa shape index (κ1) is 14.7. The molecular formula is C18H17N5O. The average Bonchev–Trinajstić information content (AvgIpc) is 3.07. The number of H-pyrrole nitrogens is 1. The van der Waals surface area contributed by atoms with Gasteiger partial charge in [0.05, 0.1) is 17.8 Å². The second-order valence-electron chi connectivity index (χ2n) is 6.10. The fourth-order valence-corrected chi connectivity index (χ4v) is 3.32. The number of benzene rings is 1. The van der Waals surface area contributed by atoms with Crippen LogP contribution in [0.2, 0.25) is 0 Å². The van der Waals surface area contributed by atoms with Crippen LogP contribution in [0.15, 0.2) is 41.5 Å². The molecule has 2 aromatic heterocycles. The molecule has 0 aliphatic carbocycles. The van der Waals surface area contributed by atoms with E-state index in [9.17, 15) is 4.79 Å². The lowest BCUT2D eigenvalue weighted by molar-refractivity contribution is 0.451. The van der Waals surface area contributed by atoms with Crippen LogP contribution >= 0.6 is 0 Å². The number of hydrogen-bond acceptors (Lipinski definition) is 4. The molecule has 0 amide bonds. The number of hydrogen-bond donors (Lipinski definition) is 2. The van der Waals surface area contributed by atoms with E-state index in [-0.39, 0.29) is 5.56 Å². The zero-order valence-electron chi connectivity index (χ0n) is 13.1. The first-order chi connectivity index (χ1) is 11.8. The number of aromatic amines is 1. The fraction of sp³-hybridized carbons (Fsp3) is 0.278. The Balaban J connectivity index is 1.79. The van der Waals surface area contributed by atoms with E-state index < -0.39 is 0 Å². The van der Waals surface area contributed by atoms with Gasteiger partial charge >= 0.3 is 0 Å². The van der Waals surface area contributed by atoms with Crippen molar-refractivity contribution in [1.82, 2.24) is 19.9 Å². The van der Waals surface area contributed by atoms with Crippen molar-refractivity contribution >= 4 is 5.52 Å². The summed E-state index contributed by atoms with van der Waals surface area (Å²) in [4.78, 5) is 15.7. The second-order valence-corrected chi connectivity index (χ2v) is 6.10. The molecule has 120 valence electrons. The molecule has 1 aliphatic rings. The lowest BCUT2D eigenvalue weighted by Gasteiger charge is -2.22. The van der Waals surface area contributed by atoms with Gasteiger partial charge in [-0.15, -0.1) is 0 Å². The fourth-order valence-electron chi connectivity index (χ4n) is 3.32. The van der Waals surface area contributed by atoms with Gasteiger partial charge in [-0.25, -0.2) is 4.52 Å². The lowest BCUT2D eigenvalue weighted by atomic mass is 9.95. The molecule has 2 N–H and O–H groups in total. The van der Waals surface area contributed by atoms with Crippen LogP contribution in [0, 0.1) is 11.3 Å². The van der Waals surface area contributed by atoms with Gasteiger partial charge in [0, 0.05) is 23.4 Å². The third-order valence-corrected chi connectivity index (χ3v) is 4.63. The van der Waals surface area contributed by atoms with Crippen molar-refractivity contribution < 1.29 is 0 Å². The standard InChI is InChI=1S/C18H17N5O/c19-9-12-1-3-13(4-2-12)15-10-21-23-11-16(22-18(24)17(15)23)14-5-7-20-8-6-14/h1-4,10-11,14,20H,5-8H2,(H,22,24). The average molecular weight is 319 g/mol. The molecule has 0 radical (unpaired) electrons. The van der Waals surface area contributed by atoms with Crippen molar-refractivity contribution in [3.05, 3.63) is 58.3 Å². The highest BCUT2D eigenvalue weighted by molar-refractivity contribution is 5.79. The molecule has 0 bridgehead atoms. The molecular weight excluding hydrogens is 302 g/mol. The molecule has 0 unspecified atom stereocenters. The Kier molecular flexibility index (Phi) is 3.63. The minimum atomic E-state index is -0.122. The maximum atomic E-state index is 12.6. The van der Waals surface area contributed by atoms with Gasteiger partial charge in [-0.1, -0.05) is 12.1 Å². The van der Waals surface area contributed by atoms with Gasteiger partial charge in [-0.05, 0) is 43.6 Å². The molecule has 1 aliphatic heterocycles. The summed E-state index contributed by atoms with van der Waals surface area (Å²) in [5, 5.41) is 16.6. The topological polar surface area (TPSA) is 86.0 Å². The molecule has 3 aromatic rings. The second kappa shape index (κ2) is 5.95. The van der Waals surface area contributed by atoms with Crippen molar-refractivity contribution in [3.63, 3.8) is 0 Å². The first-order valence-corrected chi connectivity index (χ1v) is 8.08. The molecule has 1 aromatic carbocycles. The predicted octanol–water partition coefficient (Wildman–Crippen LogP) is 2.03. The van der Waals surface area contributed by atoms with Crippen molar-refractivity contribution in [3.8, 4) is 17.2 Å². The maximum Gasteiger partial charge on any atom is 0.274 e. The third kappa shape index (κ3) is 2.49. The zero-order chi connectivity index (χ0) is 16.5. The van der Waals surface area contributed by atoms with Crippen LogP contribution < -0.4 is 10.9 Å². The molecule has 6 nitrogen and oxygen atoms in total. The lowest BCUT2D eigenvalue weighted by Crippen LogP contribution is -2.28. The van der Waals surface area contributed by atoms with Gasteiger partial charge in [-0.2, -0.15) is 10.4 Å². The Morgan fingerprint density at radius 3 is 2.67 bits per heavy atom. The van der Waals surface area contributed by atoms with Crippen molar-refractivity contribution in [2.75, 3.05) is 13.1 Å². The highest BCUT2D eigenvalue weighted by Crippen LogP contribution is 2.26. The summed E-state index contributed by atoms with van der Waals surface area (Å²) in [6, 6.07) is 9.28. The Bertz CT molecular complexity index is 971. The Morgan fingerprint density at radius 1 is 1.21 bits per heavy atom. The van der Waals surface area contributed by atoms with Crippen LogP contribution in [0.3, 0.4) is 0 Å². The van der Waals surface area contributed by atoms with Gasteiger partial charge in [-0.3, -0.25) is 4.79 Å². The monoisotopic (exact) mass is 319 g/mol. The van der Waals surface area contributed by atoms with Gasteiger partial charge in [0.1, 0.15) is 5.52 Å². The summed E-state index contributed by atoms with van der Waals surface area (Å²) in [6.07, 6.45) is 5.68. The molecule has 3 heterocycles. The number of piperidine rings is 1. The summed E-state index contributed by atoms with van der Waals surface area (Å²) >= 11 is 0. The summed E-state index contributed by atoms with van der Waals surface area (Å²) in [5.41, 5.74) is 3.61. The van der Waals surface area contributed by atoms with Crippen LogP contribution in [0.4, 0.5) is 0 Å². The van der Waals surface area contributed by atoms with Gasteiger partial charge < -0.3 is 10.3 Å². The van der Waals surface area contributed by atoms with Crippen molar-refractivity contribution in [1.29, 1.82) is 5.26 Å². The summed E-state index contributed by atoms with van der Waals surface area (Å²) in [7, 11) is 0. The first-order valence-electron chi connectivity index (χ1n) is 8.08. The summed E-state index contributed by atoms with van der Waals surface area (Å²) in [6.45, 7) is 1.95. The van der Waals surface area contributed by atoms with E-state index in [1.807, 2.05) is 18.3 Å². The van der Waals surface area contributed by atoms with Gasteiger partial charge in [0.15, 0.2) is 0 Å². The Labute approximate surface area is 138 Å². The van der Waals surface area contributed by atoms with Crippen molar-refractivity contribution in [2.45, 2.75) is 18.8 Å². The number of fused-ring (bicyclic) bond motifs is 1. The van der Waals surface area contributed by atoms with Crippen molar-refractivity contribution in [2.24, 2.45) is 0 Å². The van der Waals surface area contributed by atoms with E-state index in [4.69, 9.17) is 5.26 Å². The smallest absolute Gasteiger partial charge is 0.274 e. The molecule has 6 heteroatoms. The summed E-state index contributed by atoms with van der Waals surface area (Å²) in [5.74, 6) is 0.367. The molecule has 0 saturated carbocycles. The Hall–Kier alpha value is -2.91. The number of nitrogens with zero attached hydrogens (tertiary/aromatic N) is 3. The largest absolute Gasteiger partial charge is 0.323 e. The van der Waals surface area contributed by atoms with E-state index in [2.05, 4.69) is 21.5 Å². The predicted molar refractivity (Wildman–Crippen MR) is 90.8 cm³/mol. The molecule has 0 spiro atoms. The number of rotatable bonds is 2. The van der Waals surface area contributed by atoms with E-state index in [0.717, 1.165) is 42.8 Å². The van der Waals surface area contributed by atoms with Gasteiger partial charge in [0.2, 0.25) is 0 Å². The quantitative estimate of drug-likeness (QED) is 0.757. The van der Waals surface area contributed by atoms with Crippen LogP contribution in [0.25, 0.3) is 16.6 Å². The van der Waals surface area contributed by atoms with Crippen LogP contribution in [0.5, 0.6) is 0 Å². The SMILES string of the molecule is N#Cc1ccc(-c2cnn3cc(C4CCNCC4)[nH]c(=O)c23)cc1. The molecule has 0 atom stereocenters. The molecule has 4 rings (SSSR count). The van der Waals surface area contributed by atoms with Crippen LogP contribution in [0.1, 0.15) is 30.0 Å². The van der Waals surface area contributed by atoms with E-state index in [0.29, 0.717) is 17.0 Å². The number of nitriles is 1. The summed E-state index contributed by atoms with van der Waals surface area (Å²) < 4.78 is 1.67. The minimum Gasteiger partial charge on any atom is -0.323 e. The molecule has 24 heavy (non-hydrogen) atoms. The highest BCUT2D eigenvalue weighted by atomic mass is 16.1. The zero-order valence-corrected chi connectivity index (χ0v) is 13.1. The van der Waals surface area contributed by atoms with Gasteiger partial charge in [0.25, 0.3) is 5.56 Å². The number of aromatic nitrogens is 3. The van der Waals surface area contributed by atoms with E-state index in [1.54, 1.807) is 22.8 Å². The minimum absolute atomic E-state index is 0.122. The van der Waals surface area contributed by atoms with E-state index >= 15 is 0 Å². The van der Waals surface area contributed by atoms with Crippen LogP contribution in [-0.2, 0) is 0 Å². The maximum absolute atomic E-state index is 12.6. The molecule has 1 fully saturated rings. The molecule has 1 saturated heterocycles. The Morgan fingerprint density at radius 2 is 1.96 bits per heavy atom. The third-order valence-electron chi connectivity index (χ3n) is 4.63.